The Morgan fingerprint density at radius 2 is 1.74 bits per heavy atom. The molecule has 0 spiro atoms. The lowest BCUT2D eigenvalue weighted by molar-refractivity contribution is -0.134. The Bertz CT molecular complexity index is 737. The van der Waals surface area contributed by atoms with Crippen molar-refractivity contribution < 1.29 is 35.4 Å². The molecule has 2 amide bonds. The second kappa shape index (κ2) is 18.7. The van der Waals surface area contributed by atoms with Crippen molar-refractivity contribution in [2.45, 2.75) is 18.8 Å². The van der Waals surface area contributed by atoms with Crippen molar-refractivity contribution in [3.63, 3.8) is 0 Å². The van der Waals surface area contributed by atoms with Crippen LogP contribution in [0.25, 0.3) is 0 Å². The molecular formula is C22H41N5O7. The molecule has 1 unspecified atom stereocenters. The van der Waals surface area contributed by atoms with Gasteiger partial charge in [0.05, 0.1) is 51.3 Å². The van der Waals surface area contributed by atoms with Gasteiger partial charge in [-0.25, -0.2) is 0 Å². The number of piperidine rings is 1. The standard InChI is InChI=1S/C22H34N4O6.H3N.H2O.H2/c23-7-9-31-16-18(24)15-25-8-10-29-11-12-30-13-14-32-19-3-1-17(2-4-19)20-5-6-21(27)26-22(20)28;;;/h1-4,15,20,25H,5-14,16,23-24H2,(H,26,27,28);1H3;1H2;1H/b18-15-;;;. The SMILES string of the molecule is N.NCCOC/C(N)=C/NCCOCCOCCOc1ccc(C2CCC(=O)NC2=O)cc1.O.[HH]. The Labute approximate surface area is 201 Å². The van der Waals surface area contributed by atoms with Gasteiger partial charge in [-0.1, -0.05) is 12.1 Å². The minimum atomic E-state index is -0.288. The molecule has 1 heterocycles. The van der Waals surface area contributed by atoms with Gasteiger partial charge in [0.25, 0.3) is 0 Å². The molecule has 1 aromatic carbocycles. The second-order valence-electron chi connectivity index (χ2n) is 7.16. The van der Waals surface area contributed by atoms with Crippen molar-refractivity contribution in [3.05, 3.63) is 41.7 Å². The molecule has 0 bridgehead atoms. The Balaban J connectivity index is 0. The summed E-state index contributed by atoms with van der Waals surface area (Å²) >= 11 is 0. The van der Waals surface area contributed by atoms with Gasteiger partial charge in [0.15, 0.2) is 0 Å². The minimum Gasteiger partial charge on any atom is -0.491 e. The maximum absolute atomic E-state index is 11.9. The second-order valence-corrected chi connectivity index (χ2v) is 7.16. The molecule has 11 N–H and O–H groups in total. The van der Waals surface area contributed by atoms with Crippen molar-refractivity contribution in [2.24, 2.45) is 11.5 Å². The summed E-state index contributed by atoms with van der Waals surface area (Å²) in [4.78, 5) is 23.2. The van der Waals surface area contributed by atoms with Gasteiger partial charge in [0.2, 0.25) is 11.8 Å². The van der Waals surface area contributed by atoms with Gasteiger partial charge >= 0.3 is 0 Å². The highest BCUT2D eigenvalue weighted by Crippen LogP contribution is 2.26. The molecule has 12 nitrogen and oxygen atoms in total. The molecule has 1 aliphatic heterocycles. The Kier molecular flexibility index (Phi) is 17.2. The van der Waals surface area contributed by atoms with Crippen molar-refractivity contribution in [2.75, 3.05) is 59.3 Å². The first-order valence-corrected chi connectivity index (χ1v) is 10.8. The summed E-state index contributed by atoms with van der Waals surface area (Å²) < 4.78 is 21.8. The Morgan fingerprint density at radius 1 is 1.06 bits per heavy atom. The molecule has 1 atom stereocenters. The molecule has 1 fully saturated rings. The van der Waals surface area contributed by atoms with E-state index in [1.807, 2.05) is 24.3 Å². The maximum atomic E-state index is 11.9. The van der Waals surface area contributed by atoms with Gasteiger partial charge in [-0.05, 0) is 24.1 Å². The highest BCUT2D eigenvalue weighted by atomic mass is 16.5. The lowest BCUT2D eigenvalue weighted by Crippen LogP contribution is -2.39. The molecule has 1 aliphatic rings. The molecular weight excluding hydrogens is 446 g/mol. The van der Waals surface area contributed by atoms with Gasteiger partial charge < -0.3 is 47.4 Å². The number of amides is 2. The highest BCUT2D eigenvalue weighted by Gasteiger charge is 2.27. The third-order valence-electron chi connectivity index (χ3n) is 4.60. The van der Waals surface area contributed by atoms with Gasteiger partial charge in [-0.2, -0.15) is 0 Å². The monoisotopic (exact) mass is 487 g/mol. The van der Waals surface area contributed by atoms with Gasteiger partial charge in [0.1, 0.15) is 12.4 Å². The number of ether oxygens (including phenoxy) is 4. The highest BCUT2D eigenvalue weighted by molar-refractivity contribution is 6.00. The molecule has 0 radical (unpaired) electrons. The van der Waals surface area contributed by atoms with E-state index in [0.29, 0.717) is 83.6 Å². The predicted molar refractivity (Wildman–Crippen MR) is 130 cm³/mol. The van der Waals surface area contributed by atoms with Crippen molar-refractivity contribution >= 4 is 11.8 Å². The zero-order valence-corrected chi connectivity index (χ0v) is 19.6. The van der Waals surface area contributed by atoms with E-state index < -0.39 is 0 Å². The molecule has 1 aromatic rings. The summed E-state index contributed by atoms with van der Waals surface area (Å²) in [6.45, 7) is 4.30. The van der Waals surface area contributed by atoms with Crippen LogP contribution in [0.3, 0.4) is 0 Å². The molecule has 196 valence electrons. The number of nitrogens with one attached hydrogen (secondary N) is 2. The van der Waals surface area contributed by atoms with E-state index in [9.17, 15) is 9.59 Å². The summed E-state index contributed by atoms with van der Waals surface area (Å²) in [5.41, 5.74) is 12.6. The number of rotatable bonds is 16. The first-order chi connectivity index (χ1) is 15.6. The fourth-order valence-electron chi connectivity index (χ4n) is 3.00. The number of carbonyl (C=O) groups excluding carboxylic acids is 2. The number of hydrogen-bond acceptors (Lipinski definition) is 10. The van der Waals surface area contributed by atoms with Crippen molar-refractivity contribution in [1.29, 1.82) is 0 Å². The molecule has 12 heteroatoms. The van der Waals surface area contributed by atoms with E-state index in [0.717, 1.165) is 5.56 Å². The summed E-state index contributed by atoms with van der Waals surface area (Å²) in [5.74, 6) is -0.0394. The lowest BCUT2D eigenvalue weighted by atomic mass is 9.90. The van der Waals surface area contributed by atoms with Crippen LogP contribution in [0.1, 0.15) is 25.7 Å². The van der Waals surface area contributed by atoms with Crippen LogP contribution in [-0.4, -0.2) is 76.6 Å². The number of carbonyl (C=O) groups is 2. The fourth-order valence-corrected chi connectivity index (χ4v) is 3.00. The van der Waals surface area contributed by atoms with Gasteiger partial charge in [-0.3, -0.25) is 14.9 Å². The van der Waals surface area contributed by atoms with Crippen LogP contribution in [-0.2, 0) is 23.8 Å². The van der Waals surface area contributed by atoms with Crippen LogP contribution in [0.5, 0.6) is 5.75 Å². The molecule has 34 heavy (non-hydrogen) atoms. The van der Waals surface area contributed by atoms with Crippen LogP contribution in [0.15, 0.2) is 36.2 Å². The summed E-state index contributed by atoms with van der Waals surface area (Å²) in [6, 6.07) is 7.35. The molecule has 0 aromatic heterocycles. The summed E-state index contributed by atoms with van der Waals surface area (Å²) in [5, 5.41) is 5.42. The van der Waals surface area contributed by atoms with Crippen LogP contribution < -0.4 is 33.0 Å². The third-order valence-corrected chi connectivity index (χ3v) is 4.60. The Hall–Kier alpha value is -2.74. The molecule has 1 saturated heterocycles. The molecule has 0 saturated carbocycles. The smallest absolute Gasteiger partial charge is 0.234 e. The lowest BCUT2D eigenvalue weighted by Gasteiger charge is -2.21. The minimum absolute atomic E-state index is 0. The normalized spacial score (nSPS) is 15.7. The van der Waals surface area contributed by atoms with E-state index in [2.05, 4.69) is 10.6 Å². The zero-order valence-electron chi connectivity index (χ0n) is 19.6. The third kappa shape index (κ3) is 12.5. The van der Waals surface area contributed by atoms with E-state index in [1.54, 1.807) is 6.20 Å². The quantitative estimate of drug-likeness (QED) is 0.150. The Morgan fingerprint density at radius 3 is 2.41 bits per heavy atom. The zero-order chi connectivity index (χ0) is 23.0. The number of hydrogen-bond donors (Lipinski definition) is 5. The van der Waals surface area contributed by atoms with Crippen LogP contribution in [0.2, 0.25) is 0 Å². The summed E-state index contributed by atoms with van der Waals surface area (Å²) in [6.07, 6.45) is 2.60. The van der Waals surface area contributed by atoms with Crippen molar-refractivity contribution in [1.82, 2.24) is 16.8 Å². The van der Waals surface area contributed by atoms with E-state index in [1.165, 1.54) is 0 Å². The van der Waals surface area contributed by atoms with Crippen LogP contribution >= 0.6 is 0 Å². The first kappa shape index (κ1) is 31.3. The number of benzene rings is 1. The van der Waals surface area contributed by atoms with Gasteiger partial charge in [-0.15, -0.1) is 0 Å². The van der Waals surface area contributed by atoms with Crippen LogP contribution in [0, 0.1) is 0 Å². The first-order valence-electron chi connectivity index (χ1n) is 10.8. The average molecular weight is 488 g/mol. The molecule has 2 rings (SSSR count). The van der Waals surface area contributed by atoms with E-state index in [-0.39, 0.29) is 30.8 Å². The fraction of sp³-hybridized carbons (Fsp3) is 0.545. The molecule has 0 aliphatic carbocycles. The topological polar surface area (TPSA) is 214 Å². The van der Waals surface area contributed by atoms with E-state index >= 15 is 0 Å². The summed E-state index contributed by atoms with van der Waals surface area (Å²) in [7, 11) is 0. The van der Waals surface area contributed by atoms with E-state index in [4.69, 9.17) is 30.4 Å². The largest absolute Gasteiger partial charge is 0.491 e. The van der Waals surface area contributed by atoms with Crippen LogP contribution in [0.4, 0.5) is 0 Å². The average Bonchev–Trinajstić information content (AvgIpc) is 2.78. The van der Waals surface area contributed by atoms with Gasteiger partial charge in [0, 0.05) is 27.1 Å². The number of nitrogens with two attached hydrogens (primary N) is 2. The number of imide groups is 1. The van der Waals surface area contributed by atoms with Crippen molar-refractivity contribution in [3.8, 4) is 5.75 Å². The maximum Gasteiger partial charge on any atom is 0.234 e. The predicted octanol–water partition coefficient (Wildman–Crippen LogP) is -0.433.